The Morgan fingerprint density at radius 2 is 1.95 bits per heavy atom. The molecule has 0 fully saturated rings. The van der Waals surface area contributed by atoms with Crippen LogP contribution in [0.5, 0.6) is 5.75 Å². The Balaban J connectivity index is 2.59. The number of nitrogens with one attached hydrogen (secondary N) is 1. The Hall–Kier alpha value is -1.17. The van der Waals surface area contributed by atoms with Crippen LogP contribution < -0.4 is 10.1 Å². The fourth-order valence-electron chi connectivity index (χ4n) is 1.76. The third kappa shape index (κ3) is 6.32. The minimum atomic E-state index is -0.259. The average Bonchev–Trinajstić information content (AvgIpc) is 2.44. The molecule has 0 aliphatic carbocycles. The van der Waals surface area contributed by atoms with Crippen LogP contribution in [-0.4, -0.2) is 40.1 Å². The predicted molar refractivity (Wildman–Crippen MR) is 76.6 cm³/mol. The van der Waals surface area contributed by atoms with Crippen molar-refractivity contribution in [3.63, 3.8) is 0 Å². The van der Waals surface area contributed by atoms with Gasteiger partial charge in [-0.25, -0.2) is 4.39 Å². The monoisotopic (exact) mass is 285 g/mol. The zero-order chi connectivity index (χ0) is 14.8. The maximum atomic E-state index is 13.3. The van der Waals surface area contributed by atoms with Gasteiger partial charge < -0.3 is 19.5 Å². The van der Waals surface area contributed by atoms with Crippen LogP contribution >= 0.6 is 0 Å². The largest absolute Gasteiger partial charge is 0.490 e. The summed E-state index contributed by atoms with van der Waals surface area (Å²) in [5.41, 5.74) is 0.811. The maximum absolute atomic E-state index is 13.3. The van der Waals surface area contributed by atoms with Gasteiger partial charge in [0.25, 0.3) is 0 Å². The first-order chi connectivity index (χ1) is 9.67. The first-order valence-electron chi connectivity index (χ1n) is 6.81. The maximum Gasteiger partial charge on any atom is 0.124 e. The summed E-state index contributed by atoms with van der Waals surface area (Å²) >= 11 is 0. The number of halogens is 1. The highest BCUT2D eigenvalue weighted by molar-refractivity contribution is 5.34. The van der Waals surface area contributed by atoms with Gasteiger partial charge in [-0.3, -0.25) is 0 Å². The number of methoxy groups -OCH3 is 2. The Morgan fingerprint density at radius 3 is 2.65 bits per heavy atom. The summed E-state index contributed by atoms with van der Waals surface area (Å²) in [6.07, 6.45) is 0.822. The third-order valence-corrected chi connectivity index (χ3v) is 2.88. The van der Waals surface area contributed by atoms with Gasteiger partial charge in [-0.2, -0.15) is 0 Å². The molecule has 1 aromatic rings. The van der Waals surface area contributed by atoms with Crippen LogP contribution in [0, 0.1) is 5.82 Å². The normalized spacial score (nSPS) is 12.4. The molecule has 0 bridgehead atoms. The molecule has 1 aromatic carbocycles. The van der Waals surface area contributed by atoms with Gasteiger partial charge >= 0.3 is 0 Å². The van der Waals surface area contributed by atoms with Gasteiger partial charge in [-0.15, -0.1) is 0 Å². The van der Waals surface area contributed by atoms with E-state index in [-0.39, 0.29) is 11.9 Å². The molecule has 0 aliphatic rings. The fraction of sp³-hybridized carbons (Fsp3) is 0.600. The molecule has 5 heteroatoms. The van der Waals surface area contributed by atoms with Crippen LogP contribution in [0.4, 0.5) is 4.39 Å². The van der Waals surface area contributed by atoms with Crippen molar-refractivity contribution >= 4 is 0 Å². The van der Waals surface area contributed by atoms with E-state index in [0.717, 1.165) is 12.0 Å². The summed E-state index contributed by atoms with van der Waals surface area (Å²) in [4.78, 5) is 0. The summed E-state index contributed by atoms with van der Waals surface area (Å²) in [6.45, 7) is 4.50. The minimum absolute atomic E-state index is 0.0261. The molecule has 0 spiro atoms. The van der Waals surface area contributed by atoms with E-state index in [1.54, 1.807) is 20.3 Å². The molecular weight excluding hydrogens is 261 g/mol. The molecule has 114 valence electrons. The molecule has 0 aromatic heterocycles. The standard InChI is InChI=1S/C15H24FNO3/c1-12(6-8-18-2)20-15-5-4-14(16)10-13(15)11-17-7-9-19-3/h4-5,10,12,17H,6-9,11H2,1-3H3. The smallest absolute Gasteiger partial charge is 0.124 e. The molecule has 0 saturated carbocycles. The van der Waals surface area contributed by atoms with E-state index in [0.29, 0.717) is 32.1 Å². The van der Waals surface area contributed by atoms with Gasteiger partial charge in [0.05, 0.1) is 12.7 Å². The zero-order valence-electron chi connectivity index (χ0n) is 12.4. The van der Waals surface area contributed by atoms with Crippen molar-refractivity contribution in [2.75, 3.05) is 34.0 Å². The topological polar surface area (TPSA) is 39.7 Å². The van der Waals surface area contributed by atoms with Crippen LogP contribution in [0.1, 0.15) is 18.9 Å². The fourth-order valence-corrected chi connectivity index (χ4v) is 1.76. The Labute approximate surface area is 120 Å². The van der Waals surface area contributed by atoms with Crippen molar-refractivity contribution in [2.24, 2.45) is 0 Å². The van der Waals surface area contributed by atoms with Crippen molar-refractivity contribution in [2.45, 2.75) is 26.0 Å². The number of ether oxygens (including phenoxy) is 3. The van der Waals surface area contributed by atoms with Crippen LogP contribution in [0.3, 0.4) is 0 Å². The van der Waals surface area contributed by atoms with Crippen molar-refractivity contribution in [3.8, 4) is 5.75 Å². The average molecular weight is 285 g/mol. The molecule has 20 heavy (non-hydrogen) atoms. The second-order valence-corrected chi connectivity index (χ2v) is 4.63. The molecule has 4 nitrogen and oxygen atoms in total. The molecule has 1 rings (SSSR count). The number of benzene rings is 1. The lowest BCUT2D eigenvalue weighted by Gasteiger charge is -2.17. The Kier molecular flexibility index (Phi) is 8.18. The lowest BCUT2D eigenvalue weighted by atomic mass is 10.2. The summed E-state index contributed by atoms with van der Waals surface area (Å²) in [5.74, 6) is 0.449. The minimum Gasteiger partial charge on any atom is -0.490 e. The van der Waals surface area contributed by atoms with E-state index in [2.05, 4.69) is 5.32 Å². The van der Waals surface area contributed by atoms with Gasteiger partial charge in [0, 0.05) is 45.9 Å². The highest BCUT2D eigenvalue weighted by atomic mass is 19.1. The van der Waals surface area contributed by atoms with E-state index < -0.39 is 0 Å². The number of rotatable bonds is 10. The third-order valence-electron chi connectivity index (χ3n) is 2.88. The van der Waals surface area contributed by atoms with E-state index in [1.807, 2.05) is 6.92 Å². The first-order valence-corrected chi connectivity index (χ1v) is 6.81. The Morgan fingerprint density at radius 1 is 1.20 bits per heavy atom. The van der Waals surface area contributed by atoms with Gasteiger partial charge in [0.1, 0.15) is 11.6 Å². The van der Waals surface area contributed by atoms with E-state index in [9.17, 15) is 4.39 Å². The molecule has 0 amide bonds. The SMILES string of the molecule is COCCNCc1cc(F)ccc1OC(C)CCOC. The van der Waals surface area contributed by atoms with Gasteiger partial charge in [-0.05, 0) is 25.1 Å². The molecule has 1 N–H and O–H groups in total. The van der Waals surface area contributed by atoms with Gasteiger partial charge in [0.15, 0.2) is 0 Å². The number of hydrogen-bond acceptors (Lipinski definition) is 4. The van der Waals surface area contributed by atoms with Crippen molar-refractivity contribution in [3.05, 3.63) is 29.6 Å². The van der Waals surface area contributed by atoms with Crippen molar-refractivity contribution < 1.29 is 18.6 Å². The molecular formula is C15H24FNO3. The van der Waals surface area contributed by atoms with Gasteiger partial charge in [-0.1, -0.05) is 0 Å². The first kappa shape index (κ1) is 16.9. The summed E-state index contributed by atoms with van der Waals surface area (Å²) < 4.78 is 29.2. The van der Waals surface area contributed by atoms with E-state index >= 15 is 0 Å². The number of hydrogen-bond donors (Lipinski definition) is 1. The highest BCUT2D eigenvalue weighted by Gasteiger charge is 2.09. The van der Waals surface area contributed by atoms with E-state index in [1.165, 1.54) is 12.1 Å². The molecule has 1 atom stereocenters. The van der Waals surface area contributed by atoms with Crippen LogP contribution in [0.25, 0.3) is 0 Å². The van der Waals surface area contributed by atoms with Crippen LogP contribution in [0.2, 0.25) is 0 Å². The van der Waals surface area contributed by atoms with Crippen LogP contribution in [0.15, 0.2) is 18.2 Å². The van der Waals surface area contributed by atoms with E-state index in [4.69, 9.17) is 14.2 Å². The summed E-state index contributed by atoms with van der Waals surface area (Å²) in [6, 6.07) is 4.58. The van der Waals surface area contributed by atoms with Crippen molar-refractivity contribution in [1.29, 1.82) is 0 Å². The Bertz CT molecular complexity index is 387. The summed E-state index contributed by atoms with van der Waals surface area (Å²) in [7, 11) is 3.31. The quantitative estimate of drug-likeness (QED) is 0.670. The predicted octanol–water partition coefficient (Wildman–Crippen LogP) is 2.37. The summed E-state index contributed by atoms with van der Waals surface area (Å²) in [5, 5.41) is 3.19. The van der Waals surface area contributed by atoms with Crippen molar-refractivity contribution in [1.82, 2.24) is 5.32 Å². The lowest BCUT2D eigenvalue weighted by molar-refractivity contribution is 0.134. The van der Waals surface area contributed by atoms with Gasteiger partial charge in [0.2, 0.25) is 0 Å². The molecule has 0 radical (unpaired) electrons. The molecule has 0 heterocycles. The second kappa shape index (κ2) is 9.69. The zero-order valence-corrected chi connectivity index (χ0v) is 12.4. The highest BCUT2D eigenvalue weighted by Crippen LogP contribution is 2.21. The molecule has 0 saturated heterocycles. The molecule has 1 unspecified atom stereocenters. The van der Waals surface area contributed by atoms with Crippen LogP contribution in [-0.2, 0) is 16.0 Å². The molecule has 0 aliphatic heterocycles. The lowest BCUT2D eigenvalue weighted by Crippen LogP contribution is -2.20. The second-order valence-electron chi connectivity index (χ2n) is 4.63.